The van der Waals surface area contributed by atoms with Crippen LogP contribution in [0.5, 0.6) is 0 Å². The Labute approximate surface area is 98.1 Å². The predicted octanol–water partition coefficient (Wildman–Crippen LogP) is 2.18. The van der Waals surface area contributed by atoms with Gasteiger partial charge in [-0.25, -0.2) is 0 Å². The van der Waals surface area contributed by atoms with Crippen molar-refractivity contribution in [2.75, 3.05) is 0 Å². The van der Waals surface area contributed by atoms with Gasteiger partial charge in [0.1, 0.15) is 8.07 Å². The molecule has 0 saturated heterocycles. The Balaban J connectivity index is 2.45. The first-order valence-electron chi connectivity index (χ1n) is 5.32. The molecule has 0 heterocycles. The van der Waals surface area contributed by atoms with Crippen molar-refractivity contribution >= 4 is 14.0 Å². The third kappa shape index (κ3) is 5.37. The summed E-state index contributed by atoms with van der Waals surface area (Å²) in [4.78, 5) is 11.4. The third-order valence-electron chi connectivity index (χ3n) is 1.85. The van der Waals surface area contributed by atoms with E-state index in [1.54, 1.807) is 0 Å². The number of carbonyl (C=O) groups excluding carboxylic acids is 1. The van der Waals surface area contributed by atoms with Crippen molar-refractivity contribution in [3.63, 3.8) is 0 Å². The number of carbonyl (C=O) groups is 1. The Kier molecular flexibility index (Phi) is 4.33. The van der Waals surface area contributed by atoms with E-state index < -0.39 is 8.07 Å². The summed E-state index contributed by atoms with van der Waals surface area (Å²) in [7, 11) is -1.45. The van der Waals surface area contributed by atoms with Crippen LogP contribution in [0.15, 0.2) is 30.3 Å². The molecular formula is C13H17NOSi. The number of benzene rings is 1. The van der Waals surface area contributed by atoms with E-state index >= 15 is 0 Å². The molecule has 0 radical (unpaired) electrons. The molecule has 3 heteroatoms. The van der Waals surface area contributed by atoms with Gasteiger partial charge in [0, 0.05) is 6.54 Å². The highest BCUT2D eigenvalue weighted by molar-refractivity contribution is 6.84. The fourth-order valence-electron chi connectivity index (χ4n) is 1.07. The molecule has 0 aliphatic heterocycles. The molecule has 1 rings (SSSR count). The van der Waals surface area contributed by atoms with E-state index in [4.69, 9.17) is 0 Å². The second-order valence-electron chi connectivity index (χ2n) is 4.67. The molecule has 0 bridgehead atoms. The summed E-state index contributed by atoms with van der Waals surface area (Å²) in [5.74, 6) is 2.47. The van der Waals surface area contributed by atoms with Gasteiger partial charge in [-0.3, -0.25) is 4.79 Å². The maximum absolute atomic E-state index is 11.4. The summed E-state index contributed by atoms with van der Waals surface area (Å²) < 4.78 is 0. The molecule has 0 unspecified atom stereocenters. The van der Waals surface area contributed by atoms with E-state index in [9.17, 15) is 4.79 Å². The van der Waals surface area contributed by atoms with E-state index in [1.165, 1.54) is 0 Å². The Hall–Kier alpha value is -1.53. The minimum atomic E-state index is -1.45. The van der Waals surface area contributed by atoms with Crippen molar-refractivity contribution in [1.82, 2.24) is 5.32 Å². The maximum Gasteiger partial charge on any atom is 0.295 e. The van der Waals surface area contributed by atoms with Gasteiger partial charge in [0.2, 0.25) is 0 Å². The molecule has 0 atom stereocenters. The van der Waals surface area contributed by atoms with Crippen LogP contribution in [0.4, 0.5) is 0 Å². The lowest BCUT2D eigenvalue weighted by Gasteiger charge is -2.04. The van der Waals surface area contributed by atoms with Gasteiger partial charge in [-0.05, 0) is 11.5 Å². The highest BCUT2D eigenvalue weighted by Crippen LogP contribution is 1.97. The quantitative estimate of drug-likeness (QED) is 0.613. The second kappa shape index (κ2) is 5.52. The lowest BCUT2D eigenvalue weighted by atomic mass is 10.2. The molecule has 1 aromatic carbocycles. The van der Waals surface area contributed by atoms with Crippen molar-refractivity contribution in [2.24, 2.45) is 0 Å². The molecule has 84 valence electrons. The van der Waals surface area contributed by atoms with Gasteiger partial charge >= 0.3 is 0 Å². The Morgan fingerprint density at radius 2 is 1.88 bits per heavy atom. The van der Waals surface area contributed by atoms with Gasteiger partial charge in [-0.1, -0.05) is 50.0 Å². The average molecular weight is 231 g/mol. The van der Waals surface area contributed by atoms with E-state index in [0.29, 0.717) is 6.54 Å². The first-order valence-corrected chi connectivity index (χ1v) is 8.82. The normalized spacial score (nSPS) is 10.2. The van der Waals surface area contributed by atoms with E-state index in [2.05, 4.69) is 36.4 Å². The van der Waals surface area contributed by atoms with Crippen LogP contribution in [0.25, 0.3) is 0 Å². The minimum Gasteiger partial charge on any atom is -0.341 e. The lowest BCUT2D eigenvalue weighted by Crippen LogP contribution is -2.23. The van der Waals surface area contributed by atoms with Crippen LogP contribution >= 0.6 is 0 Å². The van der Waals surface area contributed by atoms with Crippen molar-refractivity contribution in [2.45, 2.75) is 26.2 Å². The van der Waals surface area contributed by atoms with Crippen LogP contribution in [-0.4, -0.2) is 14.0 Å². The van der Waals surface area contributed by atoms with Gasteiger partial charge in [0.15, 0.2) is 0 Å². The van der Waals surface area contributed by atoms with E-state index in [0.717, 1.165) is 5.56 Å². The van der Waals surface area contributed by atoms with Crippen molar-refractivity contribution in [3.8, 4) is 11.5 Å². The van der Waals surface area contributed by atoms with Crippen LogP contribution in [0, 0.1) is 11.5 Å². The molecule has 1 aromatic rings. The largest absolute Gasteiger partial charge is 0.341 e. The van der Waals surface area contributed by atoms with Gasteiger partial charge in [0.25, 0.3) is 5.91 Å². The predicted molar refractivity (Wildman–Crippen MR) is 69.4 cm³/mol. The topological polar surface area (TPSA) is 29.1 Å². The molecule has 0 aromatic heterocycles. The molecule has 16 heavy (non-hydrogen) atoms. The van der Waals surface area contributed by atoms with E-state index in [1.807, 2.05) is 30.3 Å². The molecule has 0 aliphatic rings. The fraction of sp³-hybridized carbons (Fsp3) is 0.308. The lowest BCUT2D eigenvalue weighted by molar-refractivity contribution is -0.115. The third-order valence-corrected chi connectivity index (χ3v) is 2.72. The van der Waals surface area contributed by atoms with Crippen molar-refractivity contribution in [3.05, 3.63) is 35.9 Å². The zero-order valence-corrected chi connectivity index (χ0v) is 11.0. The standard InChI is InChI=1S/C13H17NOSi/c1-16(2,3)10-9-13(15)14-11-12-7-5-4-6-8-12/h4-8H,11H2,1-3H3,(H,14,15). The second-order valence-corrected chi connectivity index (χ2v) is 9.42. The molecule has 0 saturated carbocycles. The number of rotatable bonds is 2. The van der Waals surface area contributed by atoms with Crippen molar-refractivity contribution < 1.29 is 4.79 Å². The molecule has 0 spiro atoms. The number of nitrogens with one attached hydrogen (secondary N) is 1. The van der Waals surface area contributed by atoms with Crippen LogP contribution in [-0.2, 0) is 11.3 Å². The van der Waals surface area contributed by atoms with Crippen LogP contribution in [0.2, 0.25) is 19.6 Å². The SMILES string of the molecule is C[Si](C)(C)C#CC(=O)NCc1ccccc1. The monoisotopic (exact) mass is 231 g/mol. The molecule has 0 fully saturated rings. The highest BCUT2D eigenvalue weighted by Gasteiger charge is 2.08. The first kappa shape index (κ1) is 12.5. The van der Waals surface area contributed by atoms with Crippen LogP contribution < -0.4 is 5.32 Å². The van der Waals surface area contributed by atoms with Gasteiger partial charge in [-0.2, -0.15) is 0 Å². The Morgan fingerprint density at radius 1 is 1.25 bits per heavy atom. The molecule has 0 aliphatic carbocycles. The van der Waals surface area contributed by atoms with Crippen LogP contribution in [0.1, 0.15) is 5.56 Å². The summed E-state index contributed by atoms with van der Waals surface area (Å²) in [6, 6.07) is 9.82. The summed E-state index contributed by atoms with van der Waals surface area (Å²) in [6.45, 7) is 6.89. The number of amides is 1. The molecular weight excluding hydrogens is 214 g/mol. The minimum absolute atomic E-state index is 0.189. The van der Waals surface area contributed by atoms with Crippen molar-refractivity contribution in [1.29, 1.82) is 0 Å². The maximum atomic E-state index is 11.4. The summed E-state index contributed by atoms with van der Waals surface area (Å²) >= 11 is 0. The smallest absolute Gasteiger partial charge is 0.295 e. The zero-order valence-electron chi connectivity index (χ0n) is 10.0. The first-order chi connectivity index (χ1) is 7.47. The molecule has 2 nitrogen and oxygen atoms in total. The Morgan fingerprint density at radius 3 is 2.44 bits per heavy atom. The van der Waals surface area contributed by atoms with Crippen LogP contribution in [0.3, 0.4) is 0 Å². The number of hydrogen-bond donors (Lipinski definition) is 1. The molecule has 1 amide bonds. The highest BCUT2D eigenvalue weighted by atomic mass is 28.3. The fourth-order valence-corrected chi connectivity index (χ4v) is 1.56. The molecule has 1 N–H and O–H groups in total. The van der Waals surface area contributed by atoms with Gasteiger partial charge in [0.05, 0.1) is 0 Å². The Bertz CT molecular complexity index is 409. The van der Waals surface area contributed by atoms with E-state index in [-0.39, 0.29) is 5.91 Å². The number of hydrogen-bond acceptors (Lipinski definition) is 1. The summed E-state index contributed by atoms with van der Waals surface area (Å²) in [6.07, 6.45) is 0. The zero-order chi connectivity index (χ0) is 12.0. The summed E-state index contributed by atoms with van der Waals surface area (Å²) in [5.41, 5.74) is 4.12. The average Bonchev–Trinajstić information content (AvgIpc) is 2.24. The van der Waals surface area contributed by atoms with Gasteiger partial charge in [-0.15, -0.1) is 5.54 Å². The summed E-state index contributed by atoms with van der Waals surface area (Å²) in [5, 5.41) is 2.78. The van der Waals surface area contributed by atoms with Gasteiger partial charge < -0.3 is 5.32 Å².